The molecule has 1 amide bonds. The Labute approximate surface area is 227 Å². The van der Waals surface area contributed by atoms with Crippen LogP contribution in [-0.2, 0) is 6.42 Å². The molecule has 7 rings (SSSR count). The topological polar surface area (TPSA) is 86.9 Å². The minimum atomic E-state index is -0.902. The van der Waals surface area contributed by atoms with E-state index in [9.17, 15) is 14.7 Å². The molecule has 1 N–H and O–H groups in total. The van der Waals surface area contributed by atoms with Gasteiger partial charge < -0.3 is 14.4 Å². The van der Waals surface area contributed by atoms with Crippen molar-refractivity contribution in [3.63, 3.8) is 0 Å². The number of anilines is 1. The second-order valence-corrected chi connectivity index (χ2v) is 10.4. The summed E-state index contributed by atoms with van der Waals surface area (Å²) in [6.45, 7) is 2.90. The van der Waals surface area contributed by atoms with E-state index in [2.05, 4.69) is 16.0 Å². The molecule has 1 unspecified atom stereocenters. The zero-order valence-electron chi connectivity index (χ0n) is 21.7. The number of allylic oxidation sites excluding steroid dienone is 1. The molecule has 3 fully saturated rings. The number of aromatic nitrogens is 1. The minimum Gasteiger partial charge on any atom is -0.465 e. The molecule has 3 saturated heterocycles. The molecular formula is C32H31N3O4. The molecule has 1 atom stereocenters. The number of hydrogen-bond donors (Lipinski definition) is 1. The van der Waals surface area contributed by atoms with Crippen LogP contribution in [-0.4, -0.2) is 53.0 Å². The maximum atomic E-state index is 12.8. The highest BCUT2D eigenvalue weighted by Crippen LogP contribution is 2.39. The first-order valence-electron chi connectivity index (χ1n) is 13.5. The van der Waals surface area contributed by atoms with E-state index in [1.807, 2.05) is 54.6 Å². The van der Waals surface area contributed by atoms with Gasteiger partial charge in [-0.05, 0) is 73.7 Å². The van der Waals surface area contributed by atoms with Crippen molar-refractivity contribution in [1.82, 2.24) is 9.88 Å². The van der Waals surface area contributed by atoms with Crippen LogP contribution in [0.4, 0.5) is 10.5 Å². The number of oxazole rings is 1. The predicted molar refractivity (Wildman–Crippen MR) is 152 cm³/mol. The number of carbonyl (C=O) groups excluding carboxylic acids is 1. The van der Waals surface area contributed by atoms with Gasteiger partial charge in [-0.3, -0.25) is 9.69 Å². The van der Waals surface area contributed by atoms with Crippen molar-refractivity contribution in [1.29, 1.82) is 0 Å². The number of nitrogens with zero attached hydrogens (tertiary/aromatic N) is 3. The Morgan fingerprint density at radius 1 is 1.05 bits per heavy atom. The second kappa shape index (κ2) is 10.9. The normalized spacial score (nSPS) is 20.5. The van der Waals surface area contributed by atoms with Gasteiger partial charge in [-0.1, -0.05) is 54.6 Å². The minimum absolute atomic E-state index is 0.0504. The van der Waals surface area contributed by atoms with E-state index in [0.717, 1.165) is 61.1 Å². The summed E-state index contributed by atoms with van der Waals surface area (Å²) in [6.07, 6.45) is 7.41. The molecule has 0 aliphatic carbocycles. The molecule has 4 heterocycles. The van der Waals surface area contributed by atoms with Gasteiger partial charge in [-0.2, -0.15) is 0 Å². The lowest BCUT2D eigenvalue weighted by Crippen LogP contribution is -2.59. The zero-order chi connectivity index (χ0) is 26.8. The van der Waals surface area contributed by atoms with E-state index in [1.165, 1.54) is 0 Å². The molecule has 3 aromatic carbocycles. The van der Waals surface area contributed by atoms with Crippen molar-refractivity contribution in [3.8, 4) is 11.1 Å². The highest BCUT2D eigenvalue weighted by atomic mass is 16.4. The molecular weight excluding hydrogens is 490 g/mol. The van der Waals surface area contributed by atoms with E-state index < -0.39 is 6.09 Å². The van der Waals surface area contributed by atoms with Crippen LogP contribution in [0.1, 0.15) is 41.1 Å². The molecule has 3 aliphatic heterocycles. The van der Waals surface area contributed by atoms with Gasteiger partial charge >= 0.3 is 6.09 Å². The Balaban J connectivity index is 1.26. The molecule has 7 nitrogen and oxygen atoms in total. The number of piperidine rings is 3. The van der Waals surface area contributed by atoms with Crippen molar-refractivity contribution in [2.75, 3.05) is 24.5 Å². The molecule has 3 aliphatic rings. The quantitative estimate of drug-likeness (QED) is 0.265. The van der Waals surface area contributed by atoms with Crippen LogP contribution in [0, 0.1) is 5.92 Å². The SMILES string of the molecule is O=Cc1ccc2oc(CCC=Cc3ccc(-c4ccccc4)c(N(C(=O)O)C4CN5CCC4CC5)c3)nc2c1. The third-order valence-corrected chi connectivity index (χ3v) is 7.95. The van der Waals surface area contributed by atoms with Crippen LogP contribution < -0.4 is 4.90 Å². The van der Waals surface area contributed by atoms with E-state index in [1.54, 1.807) is 23.1 Å². The fourth-order valence-corrected chi connectivity index (χ4v) is 5.96. The molecule has 4 aromatic rings. The Kier molecular flexibility index (Phi) is 6.99. The van der Waals surface area contributed by atoms with E-state index in [0.29, 0.717) is 41.3 Å². The Morgan fingerprint density at radius 3 is 2.56 bits per heavy atom. The number of benzene rings is 3. The van der Waals surface area contributed by atoms with E-state index >= 15 is 0 Å². The fraction of sp³-hybridized carbons (Fsp3) is 0.281. The zero-order valence-corrected chi connectivity index (χ0v) is 21.7. The summed E-state index contributed by atoms with van der Waals surface area (Å²) in [5, 5.41) is 10.5. The van der Waals surface area contributed by atoms with E-state index in [-0.39, 0.29) is 6.04 Å². The number of fused-ring (bicyclic) bond motifs is 4. The summed E-state index contributed by atoms with van der Waals surface area (Å²) in [5.74, 6) is 1.00. The average Bonchev–Trinajstić information content (AvgIpc) is 3.38. The summed E-state index contributed by atoms with van der Waals surface area (Å²) < 4.78 is 5.82. The van der Waals surface area contributed by atoms with Crippen molar-refractivity contribution < 1.29 is 19.1 Å². The number of carbonyl (C=O) groups is 2. The molecule has 0 saturated carbocycles. The average molecular weight is 522 g/mol. The Bertz CT molecular complexity index is 1520. The third kappa shape index (κ3) is 5.22. The molecule has 7 heteroatoms. The number of hydrogen-bond acceptors (Lipinski definition) is 5. The van der Waals surface area contributed by atoms with Crippen LogP contribution in [0.15, 0.2) is 77.2 Å². The number of aryl methyl sites for hydroxylation is 1. The van der Waals surface area contributed by atoms with Crippen LogP contribution in [0.25, 0.3) is 28.3 Å². The first kappa shape index (κ1) is 25.1. The predicted octanol–water partition coefficient (Wildman–Crippen LogP) is 6.53. The first-order chi connectivity index (χ1) is 19.1. The molecule has 2 bridgehead atoms. The number of rotatable bonds is 8. The van der Waals surface area contributed by atoms with Crippen LogP contribution in [0.3, 0.4) is 0 Å². The third-order valence-electron chi connectivity index (χ3n) is 7.95. The maximum Gasteiger partial charge on any atom is 0.412 e. The van der Waals surface area contributed by atoms with Gasteiger partial charge in [0.1, 0.15) is 11.8 Å². The Morgan fingerprint density at radius 2 is 1.85 bits per heavy atom. The van der Waals surface area contributed by atoms with Gasteiger partial charge in [0.15, 0.2) is 11.5 Å². The number of aldehydes is 1. The van der Waals surface area contributed by atoms with Crippen LogP contribution in [0.2, 0.25) is 0 Å². The number of amides is 1. The summed E-state index contributed by atoms with van der Waals surface area (Å²) in [5.41, 5.74) is 5.54. The van der Waals surface area contributed by atoms with Crippen molar-refractivity contribution in [3.05, 3.63) is 89.8 Å². The van der Waals surface area contributed by atoms with Gasteiger partial charge in [0.05, 0.1) is 11.7 Å². The maximum absolute atomic E-state index is 12.8. The molecule has 1 aromatic heterocycles. The van der Waals surface area contributed by atoms with Gasteiger partial charge in [0.2, 0.25) is 0 Å². The summed E-state index contributed by atoms with van der Waals surface area (Å²) in [4.78, 5) is 32.3. The monoisotopic (exact) mass is 521 g/mol. The van der Waals surface area contributed by atoms with Crippen molar-refractivity contribution in [2.45, 2.75) is 31.7 Å². The summed E-state index contributed by atoms with van der Waals surface area (Å²) in [7, 11) is 0. The van der Waals surface area contributed by atoms with Crippen LogP contribution in [0.5, 0.6) is 0 Å². The smallest absolute Gasteiger partial charge is 0.412 e. The van der Waals surface area contributed by atoms with Crippen LogP contribution >= 0.6 is 0 Å². The van der Waals surface area contributed by atoms with Gasteiger partial charge in [0.25, 0.3) is 0 Å². The highest BCUT2D eigenvalue weighted by Gasteiger charge is 2.40. The molecule has 0 spiro atoms. The second-order valence-electron chi connectivity index (χ2n) is 10.4. The lowest BCUT2D eigenvalue weighted by molar-refractivity contribution is 0.0838. The largest absolute Gasteiger partial charge is 0.465 e. The Hall–Kier alpha value is -4.23. The molecule has 39 heavy (non-hydrogen) atoms. The molecule has 198 valence electrons. The lowest BCUT2D eigenvalue weighted by Gasteiger charge is -2.48. The van der Waals surface area contributed by atoms with Crippen molar-refractivity contribution in [2.24, 2.45) is 5.92 Å². The van der Waals surface area contributed by atoms with Gasteiger partial charge in [-0.25, -0.2) is 9.78 Å². The summed E-state index contributed by atoms with van der Waals surface area (Å²) >= 11 is 0. The van der Waals surface area contributed by atoms with Gasteiger partial charge in [-0.15, -0.1) is 0 Å². The lowest BCUT2D eigenvalue weighted by atomic mass is 9.82. The highest BCUT2D eigenvalue weighted by molar-refractivity contribution is 5.94. The van der Waals surface area contributed by atoms with Crippen molar-refractivity contribution >= 4 is 35.2 Å². The fourth-order valence-electron chi connectivity index (χ4n) is 5.96. The van der Waals surface area contributed by atoms with E-state index in [4.69, 9.17) is 4.42 Å². The first-order valence-corrected chi connectivity index (χ1v) is 13.5. The number of carboxylic acid groups (broad SMARTS) is 1. The summed E-state index contributed by atoms with van der Waals surface area (Å²) in [6, 6.07) is 21.2. The van der Waals surface area contributed by atoms with Gasteiger partial charge in [0, 0.05) is 24.1 Å². The molecule has 0 radical (unpaired) electrons. The standard InChI is InChI=1S/C32H31N3O4/c36-21-23-11-13-30-27(18-23)33-31(39-30)9-5-4-6-22-10-12-26(24-7-2-1-3-8-24)28(19-22)35(32(37)38)29-20-34-16-14-25(29)15-17-34/h1-4,6-8,10-13,18-19,21,25,29H,5,9,14-17,20H2,(H,37,38).